The Morgan fingerprint density at radius 1 is 1.21 bits per heavy atom. The first-order valence-electron chi connectivity index (χ1n) is 6.83. The van der Waals surface area contributed by atoms with Crippen LogP contribution in [0.5, 0.6) is 0 Å². The Balaban J connectivity index is 1.88. The number of hydrogen-bond donors (Lipinski definition) is 1. The Labute approximate surface area is 150 Å². The van der Waals surface area contributed by atoms with Gasteiger partial charge in [0.2, 0.25) is 0 Å². The number of benzene rings is 1. The smallest absolute Gasteiger partial charge is 0.331 e. The van der Waals surface area contributed by atoms with Gasteiger partial charge in [0.15, 0.2) is 5.09 Å². The van der Waals surface area contributed by atoms with Crippen molar-refractivity contribution in [3.63, 3.8) is 0 Å². The van der Waals surface area contributed by atoms with Gasteiger partial charge in [0.25, 0.3) is 11.8 Å². The molecule has 4 amide bonds. The first kappa shape index (κ1) is 16.5. The number of nitrogens with one attached hydrogen (secondary N) is 1. The lowest BCUT2D eigenvalue weighted by atomic mass is 10.1. The summed E-state index contributed by atoms with van der Waals surface area (Å²) in [4.78, 5) is 37.1. The first-order chi connectivity index (χ1) is 11.5. The number of rotatable bonds is 3. The van der Waals surface area contributed by atoms with Gasteiger partial charge in [-0.25, -0.2) is 4.79 Å². The minimum absolute atomic E-state index is 0.158. The number of hydrogen-bond acceptors (Lipinski definition) is 5. The van der Waals surface area contributed by atoms with Crippen LogP contribution in [0.3, 0.4) is 0 Å². The number of nitrogens with zero attached hydrogens (tertiary/aromatic N) is 1. The number of carbonyl (C=O) groups is 3. The normalized spacial score (nSPS) is 16.7. The van der Waals surface area contributed by atoms with Gasteiger partial charge in [-0.05, 0) is 40.2 Å². The molecule has 6 nitrogen and oxygen atoms in total. The minimum atomic E-state index is -0.747. The van der Waals surface area contributed by atoms with Crippen LogP contribution in [0.4, 0.5) is 4.79 Å². The molecule has 122 valence electrons. The predicted molar refractivity (Wildman–Crippen MR) is 91.3 cm³/mol. The van der Waals surface area contributed by atoms with Crippen molar-refractivity contribution in [1.82, 2.24) is 10.2 Å². The molecular weight excluding hydrogens is 396 g/mol. The summed E-state index contributed by atoms with van der Waals surface area (Å²) >= 11 is 4.80. The van der Waals surface area contributed by atoms with Gasteiger partial charge in [0, 0.05) is 11.9 Å². The van der Waals surface area contributed by atoms with Gasteiger partial charge in [-0.1, -0.05) is 30.0 Å². The van der Waals surface area contributed by atoms with Crippen LogP contribution in [0, 0.1) is 0 Å². The van der Waals surface area contributed by atoms with E-state index >= 15 is 0 Å². The third-order valence-electron chi connectivity index (χ3n) is 3.22. The third-order valence-corrected chi connectivity index (χ3v) is 5.07. The van der Waals surface area contributed by atoms with Crippen molar-refractivity contribution in [2.24, 2.45) is 0 Å². The topological polar surface area (TPSA) is 79.6 Å². The Bertz CT molecular complexity index is 860. The van der Waals surface area contributed by atoms with Gasteiger partial charge in [-0.15, -0.1) is 0 Å². The zero-order valence-corrected chi connectivity index (χ0v) is 14.8. The minimum Gasteiger partial charge on any atom is -0.449 e. The fourth-order valence-electron chi connectivity index (χ4n) is 1.99. The SMILES string of the molecule is CN1C(=O)NC(=O)/C(=C/c2cc(Br)c(Sc3ccccc3)o2)C1=O. The van der Waals surface area contributed by atoms with Crippen molar-refractivity contribution in [1.29, 1.82) is 0 Å². The summed E-state index contributed by atoms with van der Waals surface area (Å²) in [6, 6.07) is 10.5. The van der Waals surface area contributed by atoms with Crippen LogP contribution in [-0.4, -0.2) is 29.8 Å². The maximum Gasteiger partial charge on any atom is 0.331 e. The second-order valence-electron chi connectivity index (χ2n) is 4.88. The lowest BCUT2D eigenvalue weighted by Crippen LogP contribution is -2.52. The summed E-state index contributed by atoms with van der Waals surface area (Å²) < 4.78 is 6.39. The highest BCUT2D eigenvalue weighted by atomic mass is 79.9. The van der Waals surface area contributed by atoms with Crippen LogP contribution in [0.2, 0.25) is 0 Å². The number of barbiturate groups is 1. The molecule has 1 aromatic heterocycles. The molecule has 0 radical (unpaired) electrons. The van der Waals surface area contributed by atoms with Crippen molar-refractivity contribution in [2.45, 2.75) is 9.99 Å². The van der Waals surface area contributed by atoms with E-state index in [1.807, 2.05) is 30.3 Å². The van der Waals surface area contributed by atoms with Crippen LogP contribution in [0.1, 0.15) is 5.76 Å². The first-order valence-corrected chi connectivity index (χ1v) is 8.44. The molecule has 0 atom stereocenters. The summed E-state index contributed by atoms with van der Waals surface area (Å²) in [6.45, 7) is 0. The molecule has 0 unspecified atom stereocenters. The largest absolute Gasteiger partial charge is 0.449 e. The van der Waals surface area contributed by atoms with Crippen molar-refractivity contribution < 1.29 is 18.8 Å². The van der Waals surface area contributed by atoms with E-state index in [1.54, 1.807) is 6.07 Å². The zero-order valence-electron chi connectivity index (χ0n) is 12.4. The second kappa shape index (κ2) is 6.66. The average Bonchev–Trinajstić information content (AvgIpc) is 2.90. The Morgan fingerprint density at radius 3 is 2.62 bits per heavy atom. The molecule has 1 fully saturated rings. The van der Waals surface area contributed by atoms with Crippen LogP contribution in [-0.2, 0) is 9.59 Å². The molecule has 1 saturated heterocycles. The summed E-state index contributed by atoms with van der Waals surface area (Å²) in [5.74, 6) is -1.08. The highest BCUT2D eigenvalue weighted by Gasteiger charge is 2.33. The fourth-order valence-corrected chi connectivity index (χ4v) is 3.34. The summed E-state index contributed by atoms with van der Waals surface area (Å²) in [5, 5.41) is 2.69. The number of likely N-dealkylation sites (N-methyl/N-ethyl adjacent to an activating group) is 1. The lowest BCUT2D eigenvalue weighted by Gasteiger charge is -2.21. The molecule has 1 N–H and O–H groups in total. The number of carbonyl (C=O) groups excluding carboxylic acids is 3. The number of imide groups is 2. The predicted octanol–water partition coefficient (Wildman–Crippen LogP) is 3.28. The summed E-state index contributed by atoms with van der Waals surface area (Å²) in [7, 11) is 1.30. The van der Waals surface area contributed by atoms with Crippen LogP contribution in [0.25, 0.3) is 6.08 Å². The van der Waals surface area contributed by atoms with E-state index < -0.39 is 17.8 Å². The van der Waals surface area contributed by atoms with E-state index in [4.69, 9.17) is 4.42 Å². The molecule has 0 bridgehead atoms. The molecule has 1 aliphatic heterocycles. The fraction of sp³-hybridized carbons (Fsp3) is 0.0625. The maximum absolute atomic E-state index is 12.1. The molecule has 8 heteroatoms. The van der Waals surface area contributed by atoms with E-state index in [1.165, 1.54) is 24.9 Å². The van der Waals surface area contributed by atoms with Crippen molar-refractivity contribution in [3.8, 4) is 0 Å². The number of urea groups is 1. The van der Waals surface area contributed by atoms with Crippen LogP contribution >= 0.6 is 27.7 Å². The molecule has 1 aromatic carbocycles. The number of halogens is 1. The Morgan fingerprint density at radius 2 is 1.92 bits per heavy atom. The van der Waals surface area contributed by atoms with Crippen LogP contribution in [0.15, 0.2) is 60.8 Å². The number of amides is 4. The van der Waals surface area contributed by atoms with Gasteiger partial charge in [-0.2, -0.15) is 0 Å². The van der Waals surface area contributed by atoms with Crippen LogP contribution < -0.4 is 5.32 Å². The second-order valence-corrected chi connectivity index (χ2v) is 6.78. The average molecular weight is 407 g/mol. The molecular formula is C16H11BrN2O4S. The summed E-state index contributed by atoms with van der Waals surface area (Å²) in [5.41, 5.74) is -0.158. The van der Waals surface area contributed by atoms with Crippen molar-refractivity contribution >= 4 is 51.6 Å². The zero-order chi connectivity index (χ0) is 17.3. The molecule has 24 heavy (non-hydrogen) atoms. The van der Waals surface area contributed by atoms with E-state index in [0.717, 1.165) is 9.80 Å². The van der Waals surface area contributed by atoms with E-state index in [2.05, 4.69) is 21.2 Å². The molecule has 0 saturated carbocycles. The quantitative estimate of drug-likeness (QED) is 0.624. The molecule has 0 aliphatic carbocycles. The van der Waals surface area contributed by atoms with Gasteiger partial charge < -0.3 is 4.42 Å². The number of furan rings is 1. The highest BCUT2D eigenvalue weighted by molar-refractivity contribution is 9.10. The van der Waals surface area contributed by atoms with E-state index in [-0.39, 0.29) is 5.57 Å². The molecule has 2 heterocycles. The van der Waals surface area contributed by atoms with Gasteiger partial charge >= 0.3 is 6.03 Å². The van der Waals surface area contributed by atoms with Crippen molar-refractivity contribution in [2.75, 3.05) is 7.05 Å². The standard InChI is InChI=1S/C16H11BrN2O4S/c1-19-14(21)11(13(20)18-16(19)22)7-9-8-12(17)15(23-9)24-10-5-3-2-4-6-10/h2-8H,1H3,(H,18,20,22)/b11-7-. The van der Waals surface area contributed by atoms with E-state index in [9.17, 15) is 14.4 Å². The van der Waals surface area contributed by atoms with Gasteiger partial charge in [0.1, 0.15) is 11.3 Å². The summed E-state index contributed by atoms with van der Waals surface area (Å²) in [6.07, 6.45) is 1.32. The molecule has 0 spiro atoms. The van der Waals surface area contributed by atoms with E-state index in [0.29, 0.717) is 15.3 Å². The molecule has 2 aromatic rings. The highest BCUT2D eigenvalue weighted by Crippen LogP contribution is 2.36. The maximum atomic E-state index is 12.1. The monoisotopic (exact) mass is 406 g/mol. The lowest BCUT2D eigenvalue weighted by molar-refractivity contribution is -0.129. The molecule has 1 aliphatic rings. The third kappa shape index (κ3) is 3.29. The Kier molecular flexibility index (Phi) is 4.59. The Hall–Kier alpha value is -2.32. The van der Waals surface area contributed by atoms with Gasteiger partial charge in [0.05, 0.1) is 4.47 Å². The molecule has 3 rings (SSSR count). The van der Waals surface area contributed by atoms with Crippen molar-refractivity contribution in [3.05, 3.63) is 52.2 Å². The van der Waals surface area contributed by atoms with Gasteiger partial charge in [-0.3, -0.25) is 19.8 Å².